The molecule has 0 atom stereocenters. The molecule has 2 aromatic carbocycles. The summed E-state index contributed by atoms with van der Waals surface area (Å²) in [4.78, 5) is 29.3. The molecule has 0 fully saturated rings. The number of esters is 1. The number of ether oxygens (including phenoxy) is 2. The first-order valence-electron chi connectivity index (χ1n) is 10.7. The summed E-state index contributed by atoms with van der Waals surface area (Å²) < 4.78 is 11.0. The first kappa shape index (κ1) is 21.3. The molecule has 0 amide bonds. The number of hydrogen-bond donors (Lipinski definition) is 0. The van der Waals surface area contributed by atoms with E-state index in [1.807, 2.05) is 37.3 Å². The third-order valence-electron chi connectivity index (χ3n) is 5.40. The van der Waals surface area contributed by atoms with Gasteiger partial charge in [0, 0.05) is 28.0 Å². The van der Waals surface area contributed by atoms with E-state index < -0.39 is 0 Å². The highest BCUT2D eigenvalue weighted by atomic mass is 35.5. The standard InChI is InChI=1S/C25H24ClNO4/c1-2-30-21(28)11-5-3-4-8-14-31-25-23-17-13-12-16(26)15-19(17)24(29)22(23)18-9-6-7-10-20(18)27-25/h6-7,9-10,12-13,15H,2-5,8,11,14H2,1H3. The number of benzene rings is 2. The highest BCUT2D eigenvalue weighted by Crippen LogP contribution is 2.45. The van der Waals surface area contributed by atoms with Gasteiger partial charge in [0.2, 0.25) is 5.88 Å². The van der Waals surface area contributed by atoms with Crippen molar-refractivity contribution in [2.45, 2.75) is 39.0 Å². The van der Waals surface area contributed by atoms with Crippen LogP contribution in [0.15, 0.2) is 42.5 Å². The molecule has 31 heavy (non-hydrogen) atoms. The van der Waals surface area contributed by atoms with Gasteiger partial charge in [0.05, 0.1) is 24.3 Å². The van der Waals surface area contributed by atoms with E-state index >= 15 is 0 Å². The van der Waals surface area contributed by atoms with E-state index in [0.717, 1.165) is 47.7 Å². The molecule has 0 unspecified atom stereocenters. The normalized spacial score (nSPS) is 12.0. The Bertz CT molecular complexity index is 1140. The molecular weight excluding hydrogens is 414 g/mol. The quantitative estimate of drug-likeness (QED) is 0.237. The summed E-state index contributed by atoms with van der Waals surface area (Å²) in [5, 5.41) is 1.35. The largest absolute Gasteiger partial charge is 0.477 e. The van der Waals surface area contributed by atoms with Crippen LogP contribution in [0.1, 0.15) is 54.9 Å². The molecule has 0 N–H and O–H groups in total. The van der Waals surface area contributed by atoms with Crippen LogP contribution in [0, 0.1) is 0 Å². The molecule has 0 bridgehead atoms. The van der Waals surface area contributed by atoms with Gasteiger partial charge in [-0.3, -0.25) is 9.59 Å². The molecule has 160 valence electrons. The molecule has 0 spiro atoms. The number of para-hydroxylation sites is 1. The Morgan fingerprint density at radius 3 is 2.65 bits per heavy atom. The Kier molecular flexibility index (Phi) is 6.52. The molecule has 1 aromatic heterocycles. The minimum atomic E-state index is -0.141. The molecule has 0 saturated heterocycles. The third kappa shape index (κ3) is 4.42. The van der Waals surface area contributed by atoms with Gasteiger partial charge in [-0.25, -0.2) is 4.98 Å². The molecule has 5 nitrogen and oxygen atoms in total. The molecule has 1 aliphatic carbocycles. The van der Waals surface area contributed by atoms with Crippen molar-refractivity contribution in [2.75, 3.05) is 13.2 Å². The van der Waals surface area contributed by atoms with Crippen LogP contribution in [0.3, 0.4) is 0 Å². The zero-order valence-electron chi connectivity index (χ0n) is 17.4. The Labute approximate surface area is 186 Å². The third-order valence-corrected chi connectivity index (χ3v) is 5.64. The zero-order chi connectivity index (χ0) is 21.8. The van der Waals surface area contributed by atoms with Gasteiger partial charge in [-0.05, 0) is 43.5 Å². The van der Waals surface area contributed by atoms with Gasteiger partial charge < -0.3 is 9.47 Å². The maximum absolute atomic E-state index is 13.2. The number of ketones is 1. The summed E-state index contributed by atoms with van der Waals surface area (Å²) in [5.74, 6) is 0.294. The van der Waals surface area contributed by atoms with E-state index in [2.05, 4.69) is 0 Å². The second-order valence-electron chi connectivity index (χ2n) is 7.52. The predicted octanol–water partition coefficient (Wildman–Crippen LogP) is 5.99. The van der Waals surface area contributed by atoms with E-state index in [1.54, 1.807) is 12.1 Å². The Morgan fingerprint density at radius 1 is 1.00 bits per heavy atom. The minimum absolute atomic E-state index is 0.0464. The van der Waals surface area contributed by atoms with E-state index in [0.29, 0.717) is 41.7 Å². The minimum Gasteiger partial charge on any atom is -0.477 e. The summed E-state index contributed by atoms with van der Waals surface area (Å²) in [7, 11) is 0. The van der Waals surface area contributed by atoms with Crippen LogP contribution >= 0.6 is 11.6 Å². The van der Waals surface area contributed by atoms with Gasteiger partial charge in [-0.2, -0.15) is 0 Å². The number of halogens is 1. The van der Waals surface area contributed by atoms with E-state index in [1.165, 1.54) is 0 Å². The van der Waals surface area contributed by atoms with Crippen molar-refractivity contribution in [2.24, 2.45) is 0 Å². The summed E-state index contributed by atoms with van der Waals surface area (Å²) in [6, 6.07) is 13.0. The summed E-state index contributed by atoms with van der Waals surface area (Å²) >= 11 is 6.14. The monoisotopic (exact) mass is 437 g/mol. The lowest BCUT2D eigenvalue weighted by molar-refractivity contribution is -0.143. The average molecular weight is 438 g/mol. The van der Waals surface area contributed by atoms with Crippen LogP contribution in [0.25, 0.3) is 22.0 Å². The topological polar surface area (TPSA) is 65.5 Å². The Hall–Kier alpha value is -2.92. The van der Waals surface area contributed by atoms with Crippen LogP contribution in [0.2, 0.25) is 5.02 Å². The van der Waals surface area contributed by atoms with Crippen LogP contribution in [-0.4, -0.2) is 30.0 Å². The van der Waals surface area contributed by atoms with Crippen molar-refractivity contribution in [3.05, 3.63) is 58.6 Å². The Balaban J connectivity index is 1.49. The molecule has 0 aliphatic heterocycles. The molecule has 1 aliphatic rings. The predicted molar refractivity (Wildman–Crippen MR) is 121 cm³/mol. The van der Waals surface area contributed by atoms with Crippen molar-refractivity contribution < 1.29 is 19.1 Å². The van der Waals surface area contributed by atoms with Crippen LogP contribution in [0.5, 0.6) is 5.88 Å². The van der Waals surface area contributed by atoms with Crippen molar-refractivity contribution in [3.8, 4) is 17.0 Å². The fourth-order valence-corrected chi connectivity index (χ4v) is 4.14. The lowest BCUT2D eigenvalue weighted by Crippen LogP contribution is -2.04. The molecule has 4 rings (SSSR count). The lowest BCUT2D eigenvalue weighted by Gasteiger charge is -2.12. The van der Waals surface area contributed by atoms with Crippen LogP contribution in [-0.2, 0) is 9.53 Å². The number of aromatic nitrogens is 1. The second-order valence-corrected chi connectivity index (χ2v) is 7.96. The van der Waals surface area contributed by atoms with E-state index in [-0.39, 0.29) is 11.8 Å². The number of unbranched alkanes of at least 4 members (excludes halogenated alkanes) is 3. The number of hydrogen-bond acceptors (Lipinski definition) is 5. The lowest BCUT2D eigenvalue weighted by atomic mass is 10.0. The van der Waals surface area contributed by atoms with Crippen LogP contribution < -0.4 is 4.74 Å². The highest BCUT2D eigenvalue weighted by molar-refractivity contribution is 6.33. The van der Waals surface area contributed by atoms with Crippen molar-refractivity contribution in [1.29, 1.82) is 0 Å². The first-order valence-corrected chi connectivity index (χ1v) is 11.0. The first-order chi connectivity index (χ1) is 15.1. The molecular formula is C25H24ClNO4. The summed E-state index contributed by atoms with van der Waals surface area (Å²) in [6.45, 7) is 2.73. The Morgan fingerprint density at radius 2 is 1.81 bits per heavy atom. The molecule has 6 heteroatoms. The van der Waals surface area contributed by atoms with Gasteiger partial charge in [0.15, 0.2) is 5.78 Å². The summed E-state index contributed by atoms with van der Waals surface area (Å²) in [6.07, 6.45) is 3.99. The smallest absolute Gasteiger partial charge is 0.305 e. The maximum atomic E-state index is 13.2. The molecule has 0 radical (unpaired) electrons. The fourth-order valence-electron chi connectivity index (χ4n) is 3.96. The van der Waals surface area contributed by atoms with E-state index in [9.17, 15) is 9.59 Å². The molecule has 0 saturated carbocycles. The number of carbonyl (C=O) groups excluding carboxylic acids is 2. The van der Waals surface area contributed by atoms with Gasteiger partial charge >= 0.3 is 5.97 Å². The van der Waals surface area contributed by atoms with Crippen molar-refractivity contribution in [1.82, 2.24) is 4.98 Å². The average Bonchev–Trinajstić information content (AvgIpc) is 3.05. The second kappa shape index (κ2) is 9.48. The summed E-state index contributed by atoms with van der Waals surface area (Å²) in [5.41, 5.74) is 3.51. The zero-order valence-corrected chi connectivity index (χ0v) is 18.2. The van der Waals surface area contributed by atoms with Gasteiger partial charge in [0.25, 0.3) is 0 Å². The van der Waals surface area contributed by atoms with Crippen molar-refractivity contribution in [3.63, 3.8) is 0 Å². The van der Waals surface area contributed by atoms with E-state index in [4.69, 9.17) is 26.1 Å². The molecule has 1 heterocycles. The van der Waals surface area contributed by atoms with Crippen molar-refractivity contribution >= 4 is 34.3 Å². The number of carbonyl (C=O) groups is 2. The van der Waals surface area contributed by atoms with Gasteiger partial charge in [0.1, 0.15) is 0 Å². The molecule has 3 aromatic rings. The number of fused-ring (bicyclic) bond motifs is 5. The van der Waals surface area contributed by atoms with Crippen LogP contribution in [0.4, 0.5) is 0 Å². The van der Waals surface area contributed by atoms with Gasteiger partial charge in [-0.1, -0.05) is 48.7 Å². The SMILES string of the molecule is CCOC(=O)CCCCCCOc1nc2ccccc2c2c1-c1ccc(Cl)cc1C2=O. The highest BCUT2D eigenvalue weighted by Gasteiger charge is 2.33. The van der Waals surface area contributed by atoms with Gasteiger partial charge in [-0.15, -0.1) is 0 Å². The number of pyridine rings is 1. The number of nitrogens with zero attached hydrogens (tertiary/aromatic N) is 1. The maximum Gasteiger partial charge on any atom is 0.305 e. The fraction of sp³-hybridized carbons (Fsp3) is 0.320. The number of rotatable bonds is 9.